The smallest absolute Gasteiger partial charge is 0.226 e. The van der Waals surface area contributed by atoms with Gasteiger partial charge in [0, 0.05) is 19.3 Å². The monoisotopic (exact) mass is 228 g/mol. The van der Waals surface area contributed by atoms with Crippen molar-refractivity contribution in [1.82, 2.24) is 10.2 Å². The van der Waals surface area contributed by atoms with E-state index in [4.69, 9.17) is 9.15 Å². The van der Waals surface area contributed by atoms with Crippen LogP contribution < -0.4 is 0 Å². The largest absolute Gasteiger partial charge is 0.425 e. The zero-order chi connectivity index (χ0) is 10.5. The van der Waals surface area contributed by atoms with Gasteiger partial charge in [0.1, 0.15) is 0 Å². The summed E-state index contributed by atoms with van der Waals surface area (Å²) in [5, 5.41) is 7.74. The average molecular weight is 228 g/mol. The fourth-order valence-electron chi connectivity index (χ4n) is 1.61. The Bertz CT molecular complexity index is 297. The first-order valence-electron chi connectivity index (χ1n) is 5.33. The lowest BCUT2D eigenvalue weighted by Crippen LogP contribution is -2.21. The summed E-state index contributed by atoms with van der Waals surface area (Å²) in [4.78, 5) is 0. The maximum atomic E-state index is 5.63. The van der Waals surface area contributed by atoms with Crippen LogP contribution in [0.1, 0.15) is 31.0 Å². The molecule has 0 aromatic carbocycles. The van der Waals surface area contributed by atoms with Crippen LogP contribution in [0.2, 0.25) is 0 Å². The molecule has 1 aromatic heterocycles. The third-order valence-corrected chi connectivity index (χ3v) is 3.43. The molecule has 1 aliphatic heterocycles. The van der Waals surface area contributed by atoms with Crippen LogP contribution in [0.4, 0.5) is 0 Å². The summed E-state index contributed by atoms with van der Waals surface area (Å²) in [6.07, 6.45) is 4.12. The van der Waals surface area contributed by atoms with Gasteiger partial charge in [-0.3, -0.25) is 0 Å². The second-order valence-electron chi connectivity index (χ2n) is 3.72. The highest BCUT2D eigenvalue weighted by molar-refractivity contribution is 7.98. The van der Waals surface area contributed by atoms with Gasteiger partial charge >= 0.3 is 0 Å². The van der Waals surface area contributed by atoms with Crippen molar-refractivity contribution in [1.29, 1.82) is 0 Å². The van der Waals surface area contributed by atoms with E-state index in [-0.39, 0.29) is 0 Å². The van der Waals surface area contributed by atoms with Crippen LogP contribution in [0.15, 0.2) is 4.42 Å². The summed E-state index contributed by atoms with van der Waals surface area (Å²) in [6.45, 7) is 2.73. The molecule has 1 aromatic rings. The van der Waals surface area contributed by atoms with Crippen LogP contribution >= 0.6 is 11.8 Å². The molecule has 0 bridgehead atoms. The molecule has 2 heterocycles. The Kier molecular flexibility index (Phi) is 4.02. The molecule has 0 unspecified atom stereocenters. The van der Waals surface area contributed by atoms with Gasteiger partial charge < -0.3 is 9.15 Å². The molecule has 84 valence electrons. The van der Waals surface area contributed by atoms with Gasteiger partial charge in [-0.2, -0.15) is 0 Å². The molecule has 1 fully saturated rings. The summed E-state index contributed by atoms with van der Waals surface area (Å²) in [5.74, 6) is 3.18. The van der Waals surface area contributed by atoms with Crippen molar-refractivity contribution in [2.75, 3.05) is 12.4 Å². The highest BCUT2D eigenvalue weighted by atomic mass is 32.2. The SMILES string of the molecule is Cc1nnc(CSC[C@@H]2CCCCO2)o1. The van der Waals surface area contributed by atoms with E-state index in [1.807, 2.05) is 6.92 Å². The van der Waals surface area contributed by atoms with Crippen molar-refractivity contribution in [3.63, 3.8) is 0 Å². The van der Waals surface area contributed by atoms with Crippen LogP contribution in [0, 0.1) is 6.92 Å². The summed E-state index contributed by atoms with van der Waals surface area (Å²) >= 11 is 1.80. The maximum absolute atomic E-state index is 5.63. The second-order valence-corrected chi connectivity index (χ2v) is 4.75. The van der Waals surface area contributed by atoms with Gasteiger partial charge in [0.05, 0.1) is 11.9 Å². The first-order valence-corrected chi connectivity index (χ1v) is 6.48. The van der Waals surface area contributed by atoms with Crippen molar-refractivity contribution in [2.24, 2.45) is 0 Å². The van der Waals surface area contributed by atoms with E-state index in [0.29, 0.717) is 17.9 Å². The third-order valence-electron chi connectivity index (χ3n) is 2.37. The summed E-state index contributed by atoms with van der Waals surface area (Å²) in [5.41, 5.74) is 0. The predicted octanol–water partition coefficient (Wildman–Crippen LogP) is 2.18. The lowest BCUT2D eigenvalue weighted by molar-refractivity contribution is 0.0315. The van der Waals surface area contributed by atoms with Crippen molar-refractivity contribution in [3.8, 4) is 0 Å². The average Bonchev–Trinajstić information content (AvgIpc) is 2.66. The van der Waals surface area contributed by atoms with E-state index in [9.17, 15) is 0 Å². The third kappa shape index (κ3) is 3.50. The van der Waals surface area contributed by atoms with Gasteiger partial charge in [0.25, 0.3) is 0 Å². The summed E-state index contributed by atoms with van der Waals surface area (Å²) in [6, 6.07) is 0. The second kappa shape index (κ2) is 5.51. The fraction of sp³-hybridized carbons (Fsp3) is 0.800. The van der Waals surface area contributed by atoms with Gasteiger partial charge in [0.2, 0.25) is 11.8 Å². The first-order chi connectivity index (χ1) is 7.34. The molecule has 5 heteroatoms. The Balaban J connectivity index is 1.65. The zero-order valence-corrected chi connectivity index (χ0v) is 9.76. The molecule has 0 amide bonds. The molecule has 0 spiro atoms. The molecular formula is C10H16N2O2S. The zero-order valence-electron chi connectivity index (χ0n) is 8.94. The normalized spacial score (nSPS) is 21.8. The Morgan fingerprint density at radius 2 is 2.33 bits per heavy atom. The minimum Gasteiger partial charge on any atom is -0.425 e. The lowest BCUT2D eigenvalue weighted by atomic mass is 10.1. The van der Waals surface area contributed by atoms with Gasteiger partial charge in [-0.25, -0.2) is 0 Å². The van der Waals surface area contributed by atoms with Crippen LogP contribution in [0.3, 0.4) is 0 Å². The molecule has 0 aliphatic carbocycles. The standard InChI is InChI=1S/C10H16N2O2S/c1-8-11-12-10(14-8)7-15-6-9-4-2-3-5-13-9/h9H,2-7H2,1H3/t9-/m0/s1. The van der Waals surface area contributed by atoms with E-state index < -0.39 is 0 Å². The molecule has 4 nitrogen and oxygen atoms in total. The fourth-order valence-corrected chi connectivity index (χ4v) is 2.55. The maximum Gasteiger partial charge on any atom is 0.226 e. The summed E-state index contributed by atoms with van der Waals surface area (Å²) in [7, 11) is 0. The minimum atomic E-state index is 0.424. The number of thioether (sulfide) groups is 1. The van der Waals surface area contributed by atoms with Gasteiger partial charge in [-0.15, -0.1) is 22.0 Å². The van der Waals surface area contributed by atoms with Crippen LogP contribution in [0.25, 0.3) is 0 Å². The quantitative estimate of drug-likeness (QED) is 0.790. The Labute approximate surface area is 93.8 Å². The first kappa shape index (κ1) is 11.0. The number of nitrogens with zero attached hydrogens (tertiary/aromatic N) is 2. The molecule has 0 saturated carbocycles. The topological polar surface area (TPSA) is 48.2 Å². The number of aromatic nitrogens is 2. The van der Waals surface area contributed by atoms with Crippen LogP contribution in [-0.4, -0.2) is 28.7 Å². The summed E-state index contributed by atoms with van der Waals surface area (Å²) < 4.78 is 10.9. The molecular weight excluding hydrogens is 212 g/mol. The van der Waals surface area contributed by atoms with E-state index in [1.165, 1.54) is 19.3 Å². The number of rotatable bonds is 4. The predicted molar refractivity (Wildman–Crippen MR) is 58.8 cm³/mol. The Hall–Kier alpha value is -0.550. The molecule has 1 atom stereocenters. The van der Waals surface area contributed by atoms with E-state index >= 15 is 0 Å². The highest BCUT2D eigenvalue weighted by Crippen LogP contribution is 2.19. The molecule has 15 heavy (non-hydrogen) atoms. The molecule has 2 rings (SSSR count). The van der Waals surface area contributed by atoms with E-state index in [2.05, 4.69) is 10.2 Å². The molecule has 1 saturated heterocycles. The van der Waals surface area contributed by atoms with Gasteiger partial charge in [-0.1, -0.05) is 0 Å². The van der Waals surface area contributed by atoms with Crippen molar-refractivity contribution >= 4 is 11.8 Å². The number of aryl methyl sites for hydroxylation is 1. The molecule has 0 radical (unpaired) electrons. The van der Waals surface area contributed by atoms with Crippen molar-refractivity contribution in [3.05, 3.63) is 11.8 Å². The highest BCUT2D eigenvalue weighted by Gasteiger charge is 2.14. The van der Waals surface area contributed by atoms with E-state index in [0.717, 1.165) is 18.1 Å². The number of ether oxygens (including phenoxy) is 1. The Morgan fingerprint density at radius 3 is 3.00 bits per heavy atom. The lowest BCUT2D eigenvalue weighted by Gasteiger charge is -2.21. The number of hydrogen-bond donors (Lipinski definition) is 0. The van der Waals surface area contributed by atoms with Crippen LogP contribution in [0.5, 0.6) is 0 Å². The Morgan fingerprint density at radius 1 is 1.40 bits per heavy atom. The minimum absolute atomic E-state index is 0.424. The van der Waals surface area contributed by atoms with Crippen LogP contribution in [-0.2, 0) is 10.5 Å². The van der Waals surface area contributed by atoms with Crippen molar-refractivity contribution in [2.45, 2.75) is 38.0 Å². The van der Waals surface area contributed by atoms with Gasteiger partial charge in [0.15, 0.2) is 0 Å². The molecule has 1 aliphatic rings. The number of hydrogen-bond acceptors (Lipinski definition) is 5. The van der Waals surface area contributed by atoms with E-state index in [1.54, 1.807) is 11.8 Å². The molecule has 0 N–H and O–H groups in total. The van der Waals surface area contributed by atoms with Crippen molar-refractivity contribution < 1.29 is 9.15 Å². The van der Waals surface area contributed by atoms with Gasteiger partial charge in [-0.05, 0) is 19.3 Å².